The minimum absolute atomic E-state index is 0.0577. The second-order valence-electron chi connectivity index (χ2n) is 5.46. The van der Waals surface area contributed by atoms with E-state index in [0.717, 1.165) is 0 Å². The van der Waals surface area contributed by atoms with Gasteiger partial charge in [-0.1, -0.05) is 11.6 Å². The first-order chi connectivity index (χ1) is 12.8. The Kier molecular flexibility index (Phi) is 6.73. The third-order valence-electron chi connectivity index (χ3n) is 3.71. The number of methoxy groups -OCH3 is 2. The van der Waals surface area contributed by atoms with E-state index in [4.69, 9.17) is 21.1 Å². The summed E-state index contributed by atoms with van der Waals surface area (Å²) in [5.41, 5.74) is 0.416. The van der Waals surface area contributed by atoms with Gasteiger partial charge in [-0.05, 0) is 24.3 Å². The van der Waals surface area contributed by atoms with Gasteiger partial charge < -0.3 is 14.8 Å². The van der Waals surface area contributed by atoms with Crippen molar-refractivity contribution in [3.05, 3.63) is 57.1 Å². The lowest BCUT2D eigenvalue weighted by molar-refractivity contribution is -0.384. The van der Waals surface area contributed by atoms with Crippen LogP contribution in [0.3, 0.4) is 0 Å². The average Bonchev–Trinajstić information content (AvgIpc) is 2.66. The third-order valence-corrected chi connectivity index (χ3v) is 3.95. The van der Waals surface area contributed by atoms with Gasteiger partial charge in [0, 0.05) is 23.9 Å². The number of Topliss-reactive ketones (excluding diaryl/α,β-unsaturated/α-hetero) is 1. The highest BCUT2D eigenvalue weighted by Gasteiger charge is 2.17. The number of non-ortho nitro benzene ring substituents is 1. The van der Waals surface area contributed by atoms with E-state index in [2.05, 4.69) is 5.32 Å². The maximum absolute atomic E-state index is 12.4. The molecule has 1 amide bonds. The minimum atomic E-state index is -0.564. The minimum Gasteiger partial charge on any atom is -0.496 e. The number of carbonyl (C=O) groups is 2. The maximum atomic E-state index is 12.4. The number of ketones is 1. The number of carbonyl (C=O) groups excluding carboxylic acids is 2. The van der Waals surface area contributed by atoms with Crippen LogP contribution in [0.5, 0.6) is 11.5 Å². The Bertz CT molecular complexity index is 884. The second kappa shape index (κ2) is 9.00. The lowest BCUT2D eigenvalue weighted by Gasteiger charge is -2.10. The predicted molar refractivity (Wildman–Crippen MR) is 99.8 cm³/mol. The van der Waals surface area contributed by atoms with Crippen LogP contribution < -0.4 is 14.8 Å². The van der Waals surface area contributed by atoms with Gasteiger partial charge in [0.2, 0.25) is 5.91 Å². The summed E-state index contributed by atoms with van der Waals surface area (Å²) in [6.07, 6.45) is -0.146. The number of nitrogens with zero attached hydrogens (tertiary/aromatic N) is 1. The zero-order valence-electron chi connectivity index (χ0n) is 14.7. The predicted octanol–water partition coefficient (Wildman–Crippen LogP) is 3.87. The van der Waals surface area contributed by atoms with E-state index in [1.807, 2.05) is 0 Å². The van der Waals surface area contributed by atoms with Crippen molar-refractivity contribution in [2.45, 2.75) is 12.8 Å². The van der Waals surface area contributed by atoms with Crippen molar-refractivity contribution in [2.24, 2.45) is 0 Å². The zero-order valence-corrected chi connectivity index (χ0v) is 15.4. The van der Waals surface area contributed by atoms with E-state index >= 15 is 0 Å². The van der Waals surface area contributed by atoms with Crippen LogP contribution in [0, 0.1) is 10.1 Å². The summed E-state index contributed by atoms with van der Waals surface area (Å²) in [6.45, 7) is 0. The molecule has 0 aliphatic heterocycles. The molecule has 9 heteroatoms. The molecule has 0 aliphatic rings. The van der Waals surface area contributed by atoms with Gasteiger partial charge >= 0.3 is 0 Å². The van der Waals surface area contributed by atoms with Gasteiger partial charge in [-0.2, -0.15) is 0 Å². The van der Waals surface area contributed by atoms with Gasteiger partial charge in [-0.3, -0.25) is 19.7 Å². The number of nitro benzene ring substituents is 1. The maximum Gasteiger partial charge on any atom is 0.273 e. The van der Waals surface area contributed by atoms with Gasteiger partial charge in [0.05, 0.1) is 36.5 Å². The molecule has 0 saturated heterocycles. The summed E-state index contributed by atoms with van der Waals surface area (Å²) in [5, 5.41) is 13.8. The Morgan fingerprint density at radius 2 is 1.78 bits per heavy atom. The van der Waals surface area contributed by atoms with Crippen LogP contribution in [0.15, 0.2) is 36.4 Å². The Hall–Kier alpha value is -3.13. The summed E-state index contributed by atoms with van der Waals surface area (Å²) < 4.78 is 10.2. The fourth-order valence-electron chi connectivity index (χ4n) is 2.37. The summed E-state index contributed by atoms with van der Waals surface area (Å²) in [5.74, 6) is -0.195. The molecule has 2 rings (SSSR count). The van der Waals surface area contributed by atoms with Crippen LogP contribution in [-0.2, 0) is 4.79 Å². The van der Waals surface area contributed by atoms with Crippen molar-refractivity contribution < 1.29 is 24.0 Å². The summed E-state index contributed by atoms with van der Waals surface area (Å²) in [6, 6.07) is 8.50. The first-order valence-corrected chi connectivity index (χ1v) is 8.22. The van der Waals surface area contributed by atoms with Crippen LogP contribution in [0.2, 0.25) is 5.02 Å². The van der Waals surface area contributed by atoms with E-state index in [0.29, 0.717) is 16.3 Å². The SMILES string of the molecule is COc1cc([N+](=O)[O-])ccc1NC(=O)CCC(=O)c1cc(Cl)ccc1OC. The van der Waals surface area contributed by atoms with E-state index in [1.165, 1.54) is 38.5 Å². The number of hydrogen-bond donors (Lipinski definition) is 1. The molecule has 0 aliphatic carbocycles. The molecule has 0 heterocycles. The number of rotatable bonds is 8. The lowest BCUT2D eigenvalue weighted by Crippen LogP contribution is -2.14. The van der Waals surface area contributed by atoms with Crippen molar-refractivity contribution in [3.63, 3.8) is 0 Å². The van der Waals surface area contributed by atoms with Crippen LogP contribution in [0.4, 0.5) is 11.4 Å². The normalized spacial score (nSPS) is 10.2. The summed E-state index contributed by atoms with van der Waals surface area (Å²) >= 11 is 5.91. The number of nitro groups is 1. The molecule has 0 bridgehead atoms. The summed E-state index contributed by atoms with van der Waals surface area (Å²) in [7, 11) is 2.78. The number of ether oxygens (including phenoxy) is 2. The lowest BCUT2D eigenvalue weighted by atomic mass is 10.1. The number of amides is 1. The van der Waals surface area contributed by atoms with Crippen molar-refractivity contribution in [3.8, 4) is 11.5 Å². The molecule has 142 valence electrons. The highest BCUT2D eigenvalue weighted by atomic mass is 35.5. The molecule has 0 radical (unpaired) electrons. The standard InChI is InChI=1S/C18H17ClN2O6/c1-26-16-7-3-11(19)9-13(16)15(22)6-8-18(23)20-14-5-4-12(21(24)25)10-17(14)27-2/h3-5,7,9-10H,6,8H2,1-2H3,(H,20,23). The molecule has 0 spiro atoms. The number of halogens is 1. The van der Waals surface area contributed by atoms with Crippen molar-refractivity contribution >= 4 is 34.7 Å². The first-order valence-electron chi connectivity index (χ1n) is 7.84. The quantitative estimate of drug-likeness (QED) is 0.415. The molecule has 0 saturated carbocycles. The molecule has 0 aromatic heterocycles. The monoisotopic (exact) mass is 392 g/mol. The van der Waals surface area contributed by atoms with Gasteiger partial charge in [0.15, 0.2) is 5.78 Å². The van der Waals surface area contributed by atoms with E-state index in [1.54, 1.807) is 12.1 Å². The fraction of sp³-hybridized carbons (Fsp3) is 0.222. The largest absolute Gasteiger partial charge is 0.496 e. The van der Waals surface area contributed by atoms with Crippen molar-refractivity contribution in [2.75, 3.05) is 19.5 Å². The van der Waals surface area contributed by atoms with Crippen LogP contribution in [0.1, 0.15) is 23.2 Å². The molecule has 0 fully saturated rings. The van der Waals surface area contributed by atoms with E-state index in [9.17, 15) is 19.7 Å². The van der Waals surface area contributed by atoms with Crippen molar-refractivity contribution in [1.82, 2.24) is 0 Å². The van der Waals surface area contributed by atoms with Gasteiger partial charge in [-0.15, -0.1) is 0 Å². The second-order valence-corrected chi connectivity index (χ2v) is 5.89. The highest BCUT2D eigenvalue weighted by molar-refractivity contribution is 6.31. The number of hydrogen-bond acceptors (Lipinski definition) is 6. The molecular formula is C18H17ClN2O6. The Morgan fingerprint density at radius 1 is 1.07 bits per heavy atom. The first kappa shape index (κ1) is 20.2. The Labute approximate surface area is 160 Å². The molecule has 8 nitrogen and oxygen atoms in total. The van der Waals surface area contributed by atoms with E-state index < -0.39 is 10.8 Å². The Balaban J connectivity index is 2.03. The fourth-order valence-corrected chi connectivity index (χ4v) is 2.54. The van der Waals surface area contributed by atoms with Crippen LogP contribution in [0.25, 0.3) is 0 Å². The number of benzene rings is 2. The molecule has 2 aromatic carbocycles. The molecule has 2 aromatic rings. The average molecular weight is 393 g/mol. The van der Waals surface area contributed by atoms with E-state index in [-0.39, 0.29) is 35.7 Å². The third kappa shape index (κ3) is 5.18. The number of anilines is 1. The van der Waals surface area contributed by atoms with Gasteiger partial charge in [0.25, 0.3) is 5.69 Å². The molecule has 0 atom stereocenters. The smallest absolute Gasteiger partial charge is 0.273 e. The topological polar surface area (TPSA) is 108 Å². The number of nitrogens with one attached hydrogen (secondary N) is 1. The van der Waals surface area contributed by atoms with Crippen LogP contribution in [-0.4, -0.2) is 30.8 Å². The molecule has 1 N–H and O–H groups in total. The molecular weight excluding hydrogens is 376 g/mol. The molecule has 27 heavy (non-hydrogen) atoms. The Morgan fingerprint density at radius 3 is 2.41 bits per heavy atom. The van der Waals surface area contributed by atoms with Gasteiger partial charge in [-0.25, -0.2) is 0 Å². The highest BCUT2D eigenvalue weighted by Crippen LogP contribution is 2.29. The van der Waals surface area contributed by atoms with Crippen LogP contribution >= 0.6 is 11.6 Å². The summed E-state index contributed by atoms with van der Waals surface area (Å²) in [4.78, 5) is 34.7. The zero-order chi connectivity index (χ0) is 20.0. The molecule has 0 unspecified atom stereocenters. The van der Waals surface area contributed by atoms with Crippen molar-refractivity contribution in [1.29, 1.82) is 0 Å². The van der Waals surface area contributed by atoms with Gasteiger partial charge in [0.1, 0.15) is 11.5 Å².